The van der Waals surface area contributed by atoms with E-state index in [1.54, 1.807) is 18.3 Å². The number of aromatic nitrogens is 3. The molecule has 0 radical (unpaired) electrons. The van der Waals surface area contributed by atoms with Crippen molar-refractivity contribution in [2.75, 3.05) is 4.72 Å². The molecule has 0 saturated heterocycles. The lowest BCUT2D eigenvalue weighted by molar-refractivity contribution is -0.274. The number of thioether (sulfide) groups is 1. The van der Waals surface area contributed by atoms with Gasteiger partial charge in [-0.25, -0.2) is 27.5 Å². The van der Waals surface area contributed by atoms with Crippen LogP contribution in [0.4, 0.5) is 28.9 Å². The summed E-state index contributed by atoms with van der Waals surface area (Å²) in [5.74, 6) is 0.0751. The molecule has 16 heteroatoms. The molecule has 0 aliphatic carbocycles. The first-order valence-electron chi connectivity index (χ1n) is 16.1. The van der Waals surface area contributed by atoms with Gasteiger partial charge in [0, 0.05) is 17.0 Å². The Kier molecular flexibility index (Phi) is 11.4. The zero-order valence-electron chi connectivity index (χ0n) is 28.6. The van der Waals surface area contributed by atoms with Crippen LogP contribution in [0.25, 0.3) is 17.1 Å². The van der Waals surface area contributed by atoms with Crippen molar-refractivity contribution in [2.24, 2.45) is 10.1 Å². The van der Waals surface area contributed by atoms with Crippen molar-refractivity contribution in [2.45, 2.75) is 30.9 Å². The second kappa shape index (κ2) is 16.3. The number of alkyl halides is 3. The van der Waals surface area contributed by atoms with Gasteiger partial charge in [0.15, 0.2) is 11.0 Å². The standard InChI is InChI=1S/C38H31F4N7O3S2/c1-25-4-3-5-26(2)35(25)45-37(53-23-28-8-20-34(21-9-28)54(50,51)48-31-14-12-30(39)13-15-31)46-44-22-27-6-10-29(11-7-27)36-43-24-49(47-36)32-16-18-33(19-17-32)52-38(40,41)42/h3-22,24,48H,23H2,1-2H3,(H,45,46)/b44-22-. The van der Waals surface area contributed by atoms with Gasteiger partial charge in [0.05, 0.1) is 22.5 Å². The Morgan fingerprint density at radius 3 is 2.20 bits per heavy atom. The topological polar surface area (TPSA) is 123 Å². The van der Waals surface area contributed by atoms with Gasteiger partial charge < -0.3 is 4.74 Å². The zero-order chi connectivity index (χ0) is 38.3. The summed E-state index contributed by atoms with van der Waals surface area (Å²) in [4.78, 5) is 9.25. The number of nitrogens with zero attached hydrogens (tertiary/aromatic N) is 5. The van der Waals surface area contributed by atoms with Gasteiger partial charge in [0.1, 0.15) is 17.9 Å². The van der Waals surface area contributed by atoms with E-state index in [-0.39, 0.29) is 16.3 Å². The van der Waals surface area contributed by atoms with Crippen LogP contribution < -0.4 is 14.9 Å². The third-order valence-corrected chi connectivity index (χ3v) is 10.1. The van der Waals surface area contributed by atoms with Gasteiger partial charge in [-0.05, 0) is 96.8 Å². The Labute approximate surface area is 312 Å². The van der Waals surface area contributed by atoms with E-state index >= 15 is 0 Å². The van der Waals surface area contributed by atoms with Crippen LogP contribution >= 0.6 is 11.8 Å². The number of aryl methyl sites for hydroxylation is 2. The normalized spacial score (nSPS) is 12.2. The lowest BCUT2D eigenvalue weighted by atomic mass is 10.1. The molecular weight excluding hydrogens is 743 g/mol. The first-order chi connectivity index (χ1) is 25.8. The minimum absolute atomic E-state index is 0.0658. The van der Waals surface area contributed by atoms with Gasteiger partial charge in [-0.3, -0.25) is 10.1 Å². The fraction of sp³-hybridized carbons (Fsp3) is 0.105. The Morgan fingerprint density at radius 1 is 0.889 bits per heavy atom. The van der Waals surface area contributed by atoms with Crippen molar-refractivity contribution in [1.29, 1.82) is 0 Å². The van der Waals surface area contributed by atoms with E-state index in [1.807, 2.05) is 56.3 Å². The molecule has 10 nitrogen and oxygen atoms in total. The van der Waals surface area contributed by atoms with Crippen molar-refractivity contribution >= 4 is 44.5 Å². The molecule has 276 valence electrons. The van der Waals surface area contributed by atoms with Gasteiger partial charge in [-0.1, -0.05) is 66.4 Å². The number of amidine groups is 1. The van der Waals surface area contributed by atoms with Gasteiger partial charge in [-0.15, -0.1) is 18.3 Å². The molecule has 0 aliphatic rings. The molecule has 0 spiro atoms. The van der Waals surface area contributed by atoms with E-state index in [1.165, 1.54) is 83.4 Å². The molecule has 0 bridgehead atoms. The highest BCUT2D eigenvalue weighted by Crippen LogP contribution is 2.27. The Balaban J connectivity index is 1.11. The highest BCUT2D eigenvalue weighted by atomic mass is 32.2. The number of aliphatic imine (C=N–C) groups is 1. The molecule has 1 aromatic heterocycles. The summed E-state index contributed by atoms with van der Waals surface area (Å²) < 4.78 is 84.2. The maximum absolute atomic E-state index is 13.2. The average molecular weight is 774 g/mol. The Morgan fingerprint density at radius 2 is 1.56 bits per heavy atom. The molecule has 1 heterocycles. The summed E-state index contributed by atoms with van der Waals surface area (Å²) in [5.41, 5.74) is 8.92. The minimum Gasteiger partial charge on any atom is -0.406 e. The van der Waals surface area contributed by atoms with Crippen molar-refractivity contribution in [3.8, 4) is 22.8 Å². The van der Waals surface area contributed by atoms with Crippen LogP contribution in [0.2, 0.25) is 0 Å². The minimum atomic E-state index is -4.78. The van der Waals surface area contributed by atoms with Crippen LogP contribution in [-0.4, -0.2) is 40.9 Å². The van der Waals surface area contributed by atoms with Crippen molar-refractivity contribution < 1.29 is 30.7 Å². The number of hydrazone groups is 1. The second-order valence-electron chi connectivity index (χ2n) is 11.7. The summed E-state index contributed by atoms with van der Waals surface area (Å²) in [7, 11) is -3.87. The van der Waals surface area contributed by atoms with E-state index in [0.717, 1.165) is 27.9 Å². The van der Waals surface area contributed by atoms with E-state index in [4.69, 9.17) is 4.99 Å². The lowest BCUT2D eigenvalue weighted by Crippen LogP contribution is -2.17. The third kappa shape index (κ3) is 10.1. The molecule has 0 aliphatic heterocycles. The molecule has 0 unspecified atom stereocenters. The Bertz CT molecular complexity index is 2360. The molecule has 0 atom stereocenters. The van der Waals surface area contributed by atoms with E-state index in [2.05, 4.69) is 30.1 Å². The summed E-state index contributed by atoms with van der Waals surface area (Å²) in [5, 5.41) is 9.38. The smallest absolute Gasteiger partial charge is 0.406 e. The maximum Gasteiger partial charge on any atom is 0.573 e. The number of hydrogen-bond acceptors (Lipinski definition) is 8. The fourth-order valence-electron chi connectivity index (χ4n) is 5.02. The number of benzene rings is 5. The molecule has 0 fully saturated rings. The van der Waals surface area contributed by atoms with Crippen molar-refractivity contribution in [3.05, 3.63) is 150 Å². The van der Waals surface area contributed by atoms with Crippen LogP contribution in [0.5, 0.6) is 5.75 Å². The monoisotopic (exact) mass is 773 g/mol. The van der Waals surface area contributed by atoms with E-state index in [9.17, 15) is 26.0 Å². The molecule has 0 saturated carbocycles. The summed E-state index contributed by atoms with van der Waals surface area (Å²) in [6, 6.07) is 30.0. The molecule has 5 aromatic carbocycles. The first-order valence-corrected chi connectivity index (χ1v) is 18.6. The zero-order valence-corrected chi connectivity index (χ0v) is 30.3. The Hall–Kier alpha value is -6.00. The van der Waals surface area contributed by atoms with Gasteiger partial charge in [0.2, 0.25) is 0 Å². The highest BCUT2D eigenvalue weighted by Gasteiger charge is 2.31. The van der Waals surface area contributed by atoms with Gasteiger partial charge in [0.25, 0.3) is 10.0 Å². The number of nitrogens with one attached hydrogen (secondary N) is 2. The molecule has 2 N–H and O–H groups in total. The number of para-hydroxylation sites is 1. The fourth-order valence-corrected chi connectivity index (χ4v) is 6.85. The highest BCUT2D eigenvalue weighted by molar-refractivity contribution is 8.13. The molecule has 6 rings (SSSR count). The van der Waals surface area contributed by atoms with Crippen LogP contribution in [0, 0.1) is 19.7 Å². The van der Waals surface area contributed by atoms with Crippen molar-refractivity contribution in [3.63, 3.8) is 0 Å². The van der Waals surface area contributed by atoms with E-state index < -0.39 is 22.2 Å². The second-order valence-corrected chi connectivity index (χ2v) is 14.4. The number of sulfonamides is 1. The largest absolute Gasteiger partial charge is 0.573 e. The quantitative estimate of drug-likeness (QED) is 0.0584. The summed E-state index contributed by atoms with van der Waals surface area (Å²) in [6.45, 7) is 3.94. The molecule has 6 aromatic rings. The number of ether oxygens (including phenoxy) is 1. The van der Waals surface area contributed by atoms with Gasteiger partial charge in [-0.2, -0.15) is 5.10 Å². The molecule has 0 amide bonds. The number of rotatable bonds is 11. The van der Waals surface area contributed by atoms with Crippen LogP contribution in [0.3, 0.4) is 0 Å². The first kappa shape index (κ1) is 37.7. The predicted octanol–water partition coefficient (Wildman–Crippen LogP) is 8.93. The molecule has 54 heavy (non-hydrogen) atoms. The number of halogens is 4. The third-order valence-electron chi connectivity index (χ3n) is 7.73. The number of anilines is 1. The SMILES string of the molecule is Cc1cccc(C)c1N=C(N/N=C\c1ccc(-c2ncn(-c3ccc(OC(F)(F)F)cc3)n2)cc1)SCc1ccc(S(=O)(=O)Nc2ccc(F)cc2)cc1. The maximum atomic E-state index is 13.2. The lowest BCUT2D eigenvalue weighted by Gasteiger charge is -2.10. The average Bonchev–Trinajstić information content (AvgIpc) is 3.63. The number of hydrogen-bond donors (Lipinski definition) is 2. The van der Waals surface area contributed by atoms with Crippen LogP contribution in [-0.2, 0) is 15.8 Å². The van der Waals surface area contributed by atoms with Crippen LogP contribution in [0.1, 0.15) is 22.3 Å². The van der Waals surface area contributed by atoms with Crippen molar-refractivity contribution in [1.82, 2.24) is 20.2 Å². The van der Waals surface area contributed by atoms with Gasteiger partial charge >= 0.3 is 6.36 Å². The predicted molar refractivity (Wildman–Crippen MR) is 202 cm³/mol. The van der Waals surface area contributed by atoms with E-state index in [0.29, 0.717) is 28.0 Å². The van der Waals surface area contributed by atoms with Crippen LogP contribution in [0.15, 0.2) is 137 Å². The molecular formula is C38H31F4N7O3S2. The summed E-state index contributed by atoms with van der Waals surface area (Å²) in [6.07, 6.45) is -1.68. The summed E-state index contributed by atoms with van der Waals surface area (Å²) >= 11 is 1.39.